The molecule has 0 unspecified atom stereocenters. The van der Waals surface area contributed by atoms with Gasteiger partial charge in [0.05, 0.1) is 12.2 Å². The van der Waals surface area contributed by atoms with Crippen molar-refractivity contribution in [3.05, 3.63) is 29.8 Å². The highest BCUT2D eigenvalue weighted by Gasteiger charge is 2.31. The Kier molecular flexibility index (Phi) is 8.10. The number of likely N-dealkylation sites (tertiary alicyclic amines) is 1. The Morgan fingerprint density at radius 2 is 1.89 bits per heavy atom. The number of piperidine rings is 1. The van der Waals surface area contributed by atoms with Crippen molar-refractivity contribution in [1.82, 2.24) is 4.90 Å². The van der Waals surface area contributed by atoms with E-state index >= 15 is 0 Å². The van der Waals surface area contributed by atoms with Crippen LogP contribution in [0.5, 0.6) is 5.75 Å². The van der Waals surface area contributed by atoms with Crippen LogP contribution in [0.3, 0.4) is 0 Å². The molecular weight excluding hydrogens is 348 g/mol. The lowest BCUT2D eigenvalue weighted by atomic mass is 10.0. The minimum atomic E-state index is -0.617. The number of nitrogens with zero attached hydrogens (tertiary/aromatic N) is 1. The minimum absolute atomic E-state index is 0.341. The van der Waals surface area contributed by atoms with Gasteiger partial charge in [-0.05, 0) is 49.9 Å². The van der Waals surface area contributed by atoms with Crippen molar-refractivity contribution in [2.75, 3.05) is 19.8 Å². The highest BCUT2D eigenvalue weighted by atomic mass is 16.5. The lowest BCUT2D eigenvalue weighted by Crippen LogP contribution is -2.51. The van der Waals surface area contributed by atoms with E-state index in [9.17, 15) is 14.4 Å². The number of benzene rings is 1. The number of carbonyl (C=O) groups excluding carboxylic acids is 3. The molecule has 148 valence electrons. The predicted molar refractivity (Wildman–Crippen MR) is 100 cm³/mol. The molecule has 1 fully saturated rings. The molecule has 7 nitrogen and oxygen atoms in total. The van der Waals surface area contributed by atoms with E-state index in [4.69, 9.17) is 15.2 Å². The summed E-state index contributed by atoms with van der Waals surface area (Å²) in [6.45, 7) is 2.82. The number of hydrogen-bond donors (Lipinski definition) is 1. The average molecular weight is 376 g/mol. The largest absolute Gasteiger partial charge is 0.494 e. The first kappa shape index (κ1) is 20.7. The van der Waals surface area contributed by atoms with Crippen LogP contribution in [0.25, 0.3) is 0 Å². The number of esters is 1. The van der Waals surface area contributed by atoms with Gasteiger partial charge in [0.2, 0.25) is 5.91 Å². The van der Waals surface area contributed by atoms with Gasteiger partial charge in [0, 0.05) is 6.54 Å². The van der Waals surface area contributed by atoms with Crippen LogP contribution in [0.2, 0.25) is 0 Å². The highest BCUT2D eigenvalue weighted by molar-refractivity contribution is 5.92. The summed E-state index contributed by atoms with van der Waals surface area (Å²) in [5.41, 5.74) is 5.70. The maximum absolute atomic E-state index is 12.3. The minimum Gasteiger partial charge on any atom is -0.494 e. The molecule has 0 aromatic heterocycles. The maximum Gasteiger partial charge on any atom is 0.338 e. The number of nitrogens with two attached hydrogens (primary N) is 1. The Bertz CT molecular complexity index is 644. The summed E-state index contributed by atoms with van der Waals surface area (Å²) in [6, 6.07) is 6.01. The molecule has 1 atom stereocenters. The number of unbranched alkanes of at least 4 members (excludes halogenated alkanes) is 2. The quantitative estimate of drug-likeness (QED) is 0.526. The first-order chi connectivity index (χ1) is 13.0. The normalized spacial score (nSPS) is 16.6. The number of hydrogen-bond acceptors (Lipinski definition) is 5. The molecule has 1 aromatic rings. The summed E-state index contributed by atoms with van der Waals surface area (Å²) in [7, 11) is 0. The van der Waals surface area contributed by atoms with Crippen LogP contribution in [0.4, 0.5) is 0 Å². The third kappa shape index (κ3) is 6.27. The number of primary amides is 1. The van der Waals surface area contributed by atoms with E-state index in [1.54, 1.807) is 24.3 Å². The zero-order chi connectivity index (χ0) is 19.6. The van der Waals surface area contributed by atoms with Crippen LogP contribution in [0.1, 0.15) is 55.8 Å². The molecule has 2 N–H and O–H groups in total. The second kappa shape index (κ2) is 10.5. The van der Waals surface area contributed by atoms with Crippen molar-refractivity contribution in [3.8, 4) is 5.75 Å². The number of carbonyl (C=O) groups is 3. The van der Waals surface area contributed by atoms with Crippen molar-refractivity contribution in [2.24, 2.45) is 5.73 Å². The van der Waals surface area contributed by atoms with E-state index in [1.165, 1.54) is 4.90 Å². The van der Waals surface area contributed by atoms with Gasteiger partial charge in [-0.2, -0.15) is 0 Å². The molecule has 0 aliphatic carbocycles. The van der Waals surface area contributed by atoms with E-state index in [1.807, 2.05) is 0 Å². The molecule has 2 amide bonds. The van der Waals surface area contributed by atoms with Gasteiger partial charge < -0.3 is 20.1 Å². The first-order valence-corrected chi connectivity index (χ1v) is 9.51. The van der Waals surface area contributed by atoms with Crippen LogP contribution >= 0.6 is 0 Å². The second-order valence-electron chi connectivity index (χ2n) is 6.66. The van der Waals surface area contributed by atoms with Crippen LogP contribution < -0.4 is 10.5 Å². The topological polar surface area (TPSA) is 98.9 Å². The van der Waals surface area contributed by atoms with Gasteiger partial charge in [-0.25, -0.2) is 4.79 Å². The number of ether oxygens (including phenoxy) is 2. The molecule has 1 aliphatic heterocycles. The third-order valence-electron chi connectivity index (χ3n) is 4.58. The summed E-state index contributed by atoms with van der Waals surface area (Å²) in [6.07, 6.45) is 5.45. The van der Waals surface area contributed by atoms with Crippen molar-refractivity contribution in [1.29, 1.82) is 0 Å². The average Bonchev–Trinajstić information content (AvgIpc) is 2.69. The van der Waals surface area contributed by atoms with Gasteiger partial charge in [0.25, 0.3) is 5.91 Å². The summed E-state index contributed by atoms with van der Waals surface area (Å²) in [5, 5.41) is 0. The zero-order valence-electron chi connectivity index (χ0n) is 15.8. The van der Waals surface area contributed by atoms with Crippen molar-refractivity contribution >= 4 is 17.8 Å². The molecule has 0 bridgehead atoms. The molecule has 7 heteroatoms. The summed E-state index contributed by atoms with van der Waals surface area (Å²) >= 11 is 0. The van der Waals surface area contributed by atoms with Crippen molar-refractivity contribution < 1.29 is 23.9 Å². The third-order valence-corrected chi connectivity index (χ3v) is 4.58. The Balaban J connectivity index is 1.82. The maximum atomic E-state index is 12.3. The van der Waals surface area contributed by atoms with E-state index in [-0.39, 0.29) is 0 Å². The Morgan fingerprint density at radius 3 is 2.56 bits per heavy atom. The molecule has 27 heavy (non-hydrogen) atoms. The van der Waals surface area contributed by atoms with Crippen molar-refractivity contribution in [3.63, 3.8) is 0 Å². The number of amides is 2. The van der Waals surface area contributed by atoms with E-state index in [0.717, 1.165) is 32.1 Å². The van der Waals surface area contributed by atoms with Gasteiger partial charge in [0.15, 0.2) is 6.61 Å². The van der Waals surface area contributed by atoms with E-state index in [2.05, 4.69) is 6.92 Å². The van der Waals surface area contributed by atoms with Gasteiger partial charge >= 0.3 is 5.97 Å². The van der Waals surface area contributed by atoms with Crippen LogP contribution in [-0.2, 0) is 14.3 Å². The Hall–Kier alpha value is -2.57. The van der Waals surface area contributed by atoms with Gasteiger partial charge in [-0.15, -0.1) is 0 Å². The van der Waals surface area contributed by atoms with Gasteiger partial charge in [-0.3, -0.25) is 9.59 Å². The zero-order valence-corrected chi connectivity index (χ0v) is 15.8. The second-order valence-corrected chi connectivity index (χ2v) is 6.66. The van der Waals surface area contributed by atoms with Crippen LogP contribution in [0, 0.1) is 0 Å². The SMILES string of the molecule is CCCCCOc1ccc(C(=O)OCC(=O)N2CCCC[C@@H]2C(N)=O)cc1. The summed E-state index contributed by atoms with van der Waals surface area (Å²) in [5.74, 6) is -0.823. The predicted octanol–water partition coefficient (Wildman–Crippen LogP) is 2.28. The molecule has 0 radical (unpaired) electrons. The summed E-state index contributed by atoms with van der Waals surface area (Å²) in [4.78, 5) is 37.3. The molecular formula is C20H28N2O5. The molecule has 2 rings (SSSR count). The molecule has 1 aromatic carbocycles. The summed E-state index contributed by atoms with van der Waals surface area (Å²) < 4.78 is 10.7. The molecule has 1 saturated heterocycles. The number of rotatable bonds is 9. The fourth-order valence-corrected chi connectivity index (χ4v) is 3.05. The Morgan fingerprint density at radius 1 is 1.15 bits per heavy atom. The van der Waals surface area contributed by atoms with Gasteiger partial charge in [-0.1, -0.05) is 19.8 Å². The first-order valence-electron chi connectivity index (χ1n) is 9.51. The Labute approximate surface area is 159 Å². The van der Waals surface area contributed by atoms with E-state index in [0.29, 0.717) is 30.9 Å². The van der Waals surface area contributed by atoms with E-state index < -0.39 is 30.4 Å². The molecule has 0 saturated carbocycles. The molecule has 1 aliphatic rings. The fraction of sp³-hybridized carbons (Fsp3) is 0.550. The fourth-order valence-electron chi connectivity index (χ4n) is 3.05. The standard InChI is InChI=1S/C20H28N2O5/c1-2-3-6-13-26-16-10-8-15(9-11-16)20(25)27-14-18(23)22-12-5-4-7-17(22)19(21)24/h8-11,17H,2-7,12-14H2,1H3,(H2,21,24)/t17-/m1/s1. The molecule has 1 heterocycles. The smallest absolute Gasteiger partial charge is 0.338 e. The van der Waals surface area contributed by atoms with Crippen molar-refractivity contribution in [2.45, 2.75) is 51.5 Å². The highest BCUT2D eigenvalue weighted by Crippen LogP contribution is 2.17. The molecule has 0 spiro atoms. The van der Waals surface area contributed by atoms with Gasteiger partial charge in [0.1, 0.15) is 11.8 Å². The monoisotopic (exact) mass is 376 g/mol. The van der Waals surface area contributed by atoms with Crippen LogP contribution in [0.15, 0.2) is 24.3 Å². The van der Waals surface area contributed by atoms with Crippen LogP contribution in [-0.4, -0.2) is 48.5 Å². The lowest BCUT2D eigenvalue weighted by Gasteiger charge is -2.33. The lowest BCUT2D eigenvalue weighted by molar-refractivity contribution is -0.143.